The highest BCUT2D eigenvalue weighted by molar-refractivity contribution is 5.69. The molecule has 0 fully saturated rings. The molecule has 0 aliphatic rings. The summed E-state index contributed by atoms with van der Waals surface area (Å²) in [6, 6.07) is 0. The summed E-state index contributed by atoms with van der Waals surface area (Å²) in [5.74, 6) is -0.549. The van der Waals surface area contributed by atoms with Gasteiger partial charge in [-0.1, -0.05) is 200 Å². The number of aliphatic hydroxyl groups excluding tert-OH is 1. The topological polar surface area (TPSA) is 72.8 Å². The molecule has 5 heteroatoms. The zero-order valence-electron chi connectivity index (χ0n) is 30.4. The smallest absolute Gasteiger partial charge is 0.305 e. The van der Waals surface area contributed by atoms with Gasteiger partial charge in [0.1, 0.15) is 19.3 Å². The predicted octanol–water partition coefficient (Wildman–Crippen LogP) is 12.3. The van der Waals surface area contributed by atoms with Crippen LogP contribution in [-0.2, 0) is 19.1 Å². The second kappa shape index (κ2) is 37.4. The van der Waals surface area contributed by atoms with E-state index in [1.54, 1.807) is 0 Å². The number of carbonyl (C=O) groups excluding carboxylic acids is 2. The minimum absolute atomic E-state index is 0.107. The van der Waals surface area contributed by atoms with Gasteiger partial charge in [0.2, 0.25) is 0 Å². The lowest BCUT2D eigenvalue weighted by Crippen LogP contribution is -2.25. The molecule has 45 heavy (non-hydrogen) atoms. The number of hydrogen-bond acceptors (Lipinski definition) is 5. The van der Waals surface area contributed by atoms with Gasteiger partial charge in [-0.2, -0.15) is 0 Å². The fourth-order valence-corrected chi connectivity index (χ4v) is 6.03. The monoisotopic (exact) mass is 639 g/mol. The van der Waals surface area contributed by atoms with Crippen molar-refractivity contribution in [3.63, 3.8) is 0 Å². The van der Waals surface area contributed by atoms with Gasteiger partial charge in [-0.15, -0.1) is 0 Å². The minimum atomic E-state index is -0.954. The first kappa shape index (κ1) is 43.9. The Hall–Kier alpha value is -1.10. The highest BCUT2D eigenvalue weighted by atomic mass is 16.6. The molecule has 0 aliphatic carbocycles. The first-order valence-electron chi connectivity index (χ1n) is 20.1. The molecule has 0 rings (SSSR count). The number of aliphatic hydroxyl groups is 1. The van der Waals surface area contributed by atoms with Gasteiger partial charge in [-0.25, -0.2) is 0 Å². The van der Waals surface area contributed by atoms with E-state index in [4.69, 9.17) is 9.47 Å². The molecule has 0 saturated heterocycles. The third-order valence-corrected chi connectivity index (χ3v) is 9.09. The lowest BCUT2D eigenvalue weighted by atomic mass is 10.0. The first-order valence-corrected chi connectivity index (χ1v) is 20.1. The molecule has 0 amide bonds. The van der Waals surface area contributed by atoms with Crippen molar-refractivity contribution < 1.29 is 24.2 Å². The van der Waals surface area contributed by atoms with Gasteiger partial charge < -0.3 is 14.6 Å². The SMILES string of the molecule is CCCCCCCCCCCCCCCCCCCC(=O)OC[C@H](O)COC(=O)CCCCCCCCCCCCCCCC. The average molecular weight is 639 g/mol. The zero-order chi connectivity index (χ0) is 32.9. The number of carbonyl (C=O) groups is 2. The van der Waals surface area contributed by atoms with Crippen LogP contribution in [0.1, 0.15) is 226 Å². The summed E-state index contributed by atoms with van der Waals surface area (Å²) < 4.78 is 10.3. The third-order valence-electron chi connectivity index (χ3n) is 9.09. The largest absolute Gasteiger partial charge is 0.463 e. The summed E-state index contributed by atoms with van der Waals surface area (Å²) in [5.41, 5.74) is 0. The summed E-state index contributed by atoms with van der Waals surface area (Å²) in [6.07, 6.45) is 40.1. The number of rotatable bonds is 37. The Balaban J connectivity index is 3.37. The van der Waals surface area contributed by atoms with Crippen molar-refractivity contribution in [1.29, 1.82) is 0 Å². The van der Waals surface area contributed by atoms with Crippen molar-refractivity contribution in [2.75, 3.05) is 13.2 Å². The molecular formula is C40H78O5. The maximum atomic E-state index is 12.0. The molecule has 1 atom stereocenters. The van der Waals surface area contributed by atoms with Crippen molar-refractivity contribution >= 4 is 11.9 Å². The Kier molecular flexibility index (Phi) is 36.4. The van der Waals surface area contributed by atoms with Crippen LogP contribution in [0, 0.1) is 0 Å². The van der Waals surface area contributed by atoms with E-state index >= 15 is 0 Å². The molecule has 0 aromatic heterocycles. The van der Waals surface area contributed by atoms with E-state index in [9.17, 15) is 14.7 Å². The third kappa shape index (κ3) is 37.2. The van der Waals surface area contributed by atoms with Crippen LogP contribution in [-0.4, -0.2) is 36.4 Å². The van der Waals surface area contributed by atoms with Crippen LogP contribution in [0.3, 0.4) is 0 Å². The van der Waals surface area contributed by atoms with Gasteiger partial charge in [0.05, 0.1) is 0 Å². The van der Waals surface area contributed by atoms with Crippen molar-refractivity contribution in [2.45, 2.75) is 232 Å². The standard InChI is InChI=1S/C40H78O5/c1-3-5-7-9-11-13-15-17-19-20-21-23-25-27-29-31-33-35-40(43)45-37-38(41)36-44-39(42)34-32-30-28-26-24-22-18-16-14-12-10-8-6-4-2/h38,41H,3-37H2,1-2H3/t38-/m1/s1. The maximum absolute atomic E-state index is 12.0. The quantitative estimate of drug-likeness (QED) is 0.0541. The second-order valence-corrected chi connectivity index (χ2v) is 13.8. The molecule has 0 heterocycles. The van der Waals surface area contributed by atoms with Crippen LogP contribution in [0.4, 0.5) is 0 Å². The molecule has 5 nitrogen and oxygen atoms in total. The summed E-state index contributed by atoms with van der Waals surface area (Å²) in [7, 11) is 0. The molecule has 268 valence electrons. The molecule has 0 spiro atoms. The molecule has 0 saturated carbocycles. The Morgan fingerprint density at radius 1 is 0.378 bits per heavy atom. The van der Waals surface area contributed by atoms with Crippen LogP contribution < -0.4 is 0 Å². The summed E-state index contributed by atoms with van der Waals surface area (Å²) in [5, 5.41) is 10.0. The summed E-state index contributed by atoms with van der Waals surface area (Å²) in [6.45, 7) is 4.33. The Labute approximate surface area is 280 Å². The molecule has 0 bridgehead atoms. The fraction of sp³-hybridized carbons (Fsp3) is 0.950. The van der Waals surface area contributed by atoms with E-state index < -0.39 is 6.10 Å². The molecular weight excluding hydrogens is 560 g/mol. The van der Waals surface area contributed by atoms with Crippen LogP contribution in [0.15, 0.2) is 0 Å². The van der Waals surface area contributed by atoms with Crippen molar-refractivity contribution in [3.05, 3.63) is 0 Å². The van der Waals surface area contributed by atoms with Crippen molar-refractivity contribution in [1.82, 2.24) is 0 Å². The van der Waals surface area contributed by atoms with E-state index in [0.29, 0.717) is 12.8 Å². The van der Waals surface area contributed by atoms with Gasteiger partial charge >= 0.3 is 11.9 Å². The van der Waals surface area contributed by atoms with Gasteiger partial charge in [-0.3, -0.25) is 9.59 Å². The maximum Gasteiger partial charge on any atom is 0.305 e. The number of ether oxygens (including phenoxy) is 2. The Morgan fingerprint density at radius 2 is 0.578 bits per heavy atom. The number of unbranched alkanes of at least 4 members (excludes halogenated alkanes) is 29. The van der Waals surface area contributed by atoms with Gasteiger partial charge in [0.25, 0.3) is 0 Å². The average Bonchev–Trinajstić information content (AvgIpc) is 3.04. The van der Waals surface area contributed by atoms with Crippen molar-refractivity contribution in [2.24, 2.45) is 0 Å². The highest BCUT2D eigenvalue weighted by Gasteiger charge is 2.12. The summed E-state index contributed by atoms with van der Waals surface area (Å²) >= 11 is 0. The van der Waals surface area contributed by atoms with Gasteiger partial charge in [-0.05, 0) is 12.8 Å². The first-order chi connectivity index (χ1) is 22.1. The van der Waals surface area contributed by atoms with Crippen molar-refractivity contribution in [3.8, 4) is 0 Å². The molecule has 0 aromatic carbocycles. The molecule has 0 unspecified atom stereocenters. The van der Waals surface area contributed by atoms with Crippen LogP contribution >= 0.6 is 0 Å². The summed E-state index contributed by atoms with van der Waals surface area (Å²) in [4.78, 5) is 23.9. The van der Waals surface area contributed by atoms with Crippen LogP contribution in [0.2, 0.25) is 0 Å². The van der Waals surface area contributed by atoms with Gasteiger partial charge in [0.15, 0.2) is 0 Å². The number of hydrogen-bond donors (Lipinski definition) is 1. The fourth-order valence-electron chi connectivity index (χ4n) is 6.03. The number of esters is 2. The molecule has 0 aromatic rings. The lowest BCUT2D eigenvalue weighted by Gasteiger charge is -2.12. The molecule has 0 radical (unpaired) electrons. The van der Waals surface area contributed by atoms with E-state index in [2.05, 4.69) is 13.8 Å². The molecule has 1 N–H and O–H groups in total. The normalized spacial score (nSPS) is 12.0. The highest BCUT2D eigenvalue weighted by Crippen LogP contribution is 2.15. The Bertz CT molecular complexity index is 607. The predicted molar refractivity (Wildman–Crippen MR) is 192 cm³/mol. The van der Waals surface area contributed by atoms with E-state index in [0.717, 1.165) is 25.7 Å². The Morgan fingerprint density at radius 3 is 0.800 bits per heavy atom. The zero-order valence-corrected chi connectivity index (χ0v) is 30.4. The van der Waals surface area contributed by atoms with E-state index in [1.165, 1.54) is 173 Å². The lowest BCUT2D eigenvalue weighted by molar-refractivity contribution is -0.152. The van der Waals surface area contributed by atoms with Crippen LogP contribution in [0.5, 0.6) is 0 Å². The molecule has 0 aliphatic heterocycles. The minimum Gasteiger partial charge on any atom is -0.463 e. The van der Waals surface area contributed by atoms with Crippen LogP contribution in [0.25, 0.3) is 0 Å². The van der Waals surface area contributed by atoms with Gasteiger partial charge in [0, 0.05) is 12.8 Å². The van der Waals surface area contributed by atoms with E-state index in [-0.39, 0.29) is 25.2 Å². The second-order valence-electron chi connectivity index (χ2n) is 13.8. The van der Waals surface area contributed by atoms with E-state index in [1.807, 2.05) is 0 Å².